The summed E-state index contributed by atoms with van der Waals surface area (Å²) in [7, 11) is 2.70. The molecular formula is C11H20N2O7. The van der Waals surface area contributed by atoms with Crippen LogP contribution in [-0.2, 0) is 19.1 Å². The number of carboxylic acids is 1. The fraction of sp³-hybridized carbons (Fsp3) is 0.727. The molecule has 0 saturated carbocycles. The Hall–Kier alpha value is -1.87. The number of carbonyl (C=O) groups is 3. The molecule has 0 rings (SSSR count). The Balaban J connectivity index is 4.32. The van der Waals surface area contributed by atoms with E-state index in [1.54, 1.807) is 0 Å². The third-order valence-electron chi connectivity index (χ3n) is 2.40. The van der Waals surface area contributed by atoms with E-state index < -0.39 is 30.6 Å². The first kappa shape index (κ1) is 18.1. The van der Waals surface area contributed by atoms with Crippen LogP contribution in [-0.4, -0.2) is 79.6 Å². The van der Waals surface area contributed by atoms with Gasteiger partial charge in [-0.05, 0) is 0 Å². The lowest BCUT2D eigenvalue weighted by molar-refractivity contribution is -0.146. The normalized spacial score (nSPS) is 11.6. The average molecular weight is 292 g/mol. The third-order valence-corrected chi connectivity index (χ3v) is 2.40. The van der Waals surface area contributed by atoms with Crippen molar-refractivity contribution in [3.63, 3.8) is 0 Å². The molecule has 0 aromatic rings. The number of ether oxygens (including phenoxy) is 2. The minimum absolute atomic E-state index is 0.00905. The van der Waals surface area contributed by atoms with E-state index in [2.05, 4.69) is 10.1 Å². The average Bonchev–Trinajstić information content (AvgIpc) is 2.43. The Bertz CT molecular complexity index is 335. The van der Waals surface area contributed by atoms with Crippen LogP contribution in [0.3, 0.4) is 0 Å². The summed E-state index contributed by atoms with van der Waals surface area (Å²) in [5, 5.41) is 19.8. The molecule has 3 N–H and O–H groups in total. The molecule has 0 aliphatic rings. The predicted octanol–water partition coefficient (Wildman–Crippen LogP) is -1.35. The van der Waals surface area contributed by atoms with E-state index in [4.69, 9.17) is 14.9 Å². The molecule has 0 spiro atoms. The lowest BCUT2D eigenvalue weighted by Crippen LogP contribution is -2.46. The second-order valence-electron chi connectivity index (χ2n) is 3.85. The molecule has 1 atom stereocenters. The summed E-state index contributed by atoms with van der Waals surface area (Å²) in [5.74, 6) is -1.89. The van der Waals surface area contributed by atoms with Crippen LogP contribution in [0.2, 0.25) is 0 Å². The van der Waals surface area contributed by atoms with Gasteiger partial charge in [0.25, 0.3) is 0 Å². The van der Waals surface area contributed by atoms with Gasteiger partial charge in [-0.25, -0.2) is 9.59 Å². The quantitative estimate of drug-likeness (QED) is 0.449. The summed E-state index contributed by atoms with van der Waals surface area (Å²) in [4.78, 5) is 34.5. The van der Waals surface area contributed by atoms with E-state index in [-0.39, 0.29) is 26.1 Å². The monoisotopic (exact) mass is 292 g/mol. The molecule has 116 valence electrons. The van der Waals surface area contributed by atoms with Gasteiger partial charge in [-0.1, -0.05) is 0 Å². The Morgan fingerprint density at radius 2 is 1.90 bits per heavy atom. The maximum atomic E-state index is 11.8. The van der Waals surface area contributed by atoms with Gasteiger partial charge in [0.1, 0.15) is 0 Å². The van der Waals surface area contributed by atoms with Crippen molar-refractivity contribution in [1.29, 1.82) is 0 Å². The molecule has 9 heteroatoms. The standard InChI is InChI=1S/C11H20N2O7/c1-19-6-5-13(4-3-9(15)20-2)11(18)12-7-8(14)10(16)17/h8,14H,3-7H2,1-2H3,(H,12,18)(H,16,17)/t8-/m0/s1. The number of aliphatic hydroxyl groups is 1. The molecule has 0 saturated heterocycles. The third kappa shape index (κ3) is 7.54. The van der Waals surface area contributed by atoms with E-state index in [0.717, 1.165) is 0 Å². The fourth-order valence-corrected chi connectivity index (χ4v) is 1.23. The van der Waals surface area contributed by atoms with E-state index >= 15 is 0 Å². The molecule has 0 unspecified atom stereocenters. The number of aliphatic hydroxyl groups excluding tert-OH is 1. The number of esters is 1. The highest BCUT2D eigenvalue weighted by Crippen LogP contribution is 1.96. The Morgan fingerprint density at radius 3 is 2.40 bits per heavy atom. The summed E-state index contributed by atoms with van der Waals surface area (Å²) in [6.45, 7) is 0.166. The first-order valence-corrected chi connectivity index (χ1v) is 5.91. The van der Waals surface area contributed by atoms with Gasteiger partial charge in [0.15, 0.2) is 6.10 Å². The van der Waals surface area contributed by atoms with Gasteiger partial charge in [-0.15, -0.1) is 0 Å². The van der Waals surface area contributed by atoms with Crippen molar-refractivity contribution in [2.45, 2.75) is 12.5 Å². The molecule has 2 amide bonds. The molecule has 0 aliphatic heterocycles. The number of rotatable bonds is 9. The van der Waals surface area contributed by atoms with E-state index in [1.165, 1.54) is 19.1 Å². The molecule has 0 aliphatic carbocycles. The lowest BCUT2D eigenvalue weighted by atomic mass is 10.3. The van der Waals surface area contributed by atoms with Crippen molar-refractivity contribution in [1.82, 2.24) is 10.2 Å². The van der Waals surface area contributed by atoms with Crippen LogP contribution in [0.25, 0.3) is 0 Å². The van der Waals surface area contributed by atoms with Crippen molar-refractivity contribution in [2.24, 2.45) is 0 Å². The van der Waals surface area contributed by atoms with Crippen LogP contribution >= 0.6 is 0 Å². The van der Waals surface area contributed by atoms with Crippen LogP contribution in [0.1, 0.15) is 6.42 Å². The predicted molar refractivity (Wildman–Crippen MR) is 67.1 cm³/mol. The minimum atomic E-state index is -1.68. The Labute approximate surface area is 116 Å². The van der Waals surface area contributed by atoms with Gasteiger partial charge in [0, 0.05) is 20.2 Å². The number of amides is 2. The zero-order chi connectivity index (χ0) is 15.5. The molecule has 0 bridgehead atoms. The Kier molecular flexibility index (Phi) is 9.05. The second-order valence-corrected chi connectivity index (χ2v) is 3.85. The van der Waals surface area contributed by atoms with E-state index in [0.29, 0.717) is 0 Å². The first-order valence-electron chi connectivity index (χ1n) is 5.91. The number of urea groups is 1. The van der Waals surface area contributed by atoms with Gasteiger partial charge in [0.2, 0.25) is 0 Å². The smallest absolute Gasteiger partial charge is 0.334 e. The minimum Gasteiger partial charge on any atom is -0.479 e. The first-order chi connectivity index (χ1) is 9.42. The number of carbonyl (C=O) groups excluding carboxylic acids is 2. The van der Waals surface area contributed by atoms with Gasteiger partial charge in [-0.2, -0.15) is 0 Å². The molecule has 0 heterocycles. The maximum Gasteiger partial charge on any atom is 0.334 e. The van der Waals surface area contributed by atoms with Crippen molar-refractivity contribution in [2.75, 3.05) is 40.5 Å². The second kappa shape index (κ2) is 9.98. The number of carboxylic acid groups (broad SMARTS) is 1. The van der Waals surface area contributed by atoms with Crippen LogP contribution in [0, 0.1) is 0 Å². The van der Waals surface area contributed by atoms with Gasteiger partial charge < -0.3 is 29.9 Å². The van der Waals surface area contributed by atoms with Gasteiger partial charge >= 0.3 is 18.0 Å². The summed E-state index contributed by atoms with van der Waals surface area (Å²) in [5.41, 5.74) is 0. The number of hydrogen-bond donors (Lipinski definition) is 3. The van der Waals surface area contributed by atoms with Crippen LogP contribution in [0.15, 0.2) is 0 Å². The van der Waals surface area contributed by atoms with Crippen molar-refractivity contribution >= 4 is 18.0 Å². The molecule has 20 heavy (non-hydrogen) atoms. The molecular weight excluding hydrogens is 272 g/mol. The highest BCUT2D eigenvalue weighted by Gasteiger charge is 2.18. The Morgan fingerprint density at radius 1 is 1.25 bits per heavy atom. The van der Waals surface area contributed by atoms with Gasteiger partial charge in [0.05, 0.1) is 26.7 Å². The zero-order valence-corrected chi connectivity index (χ0v) is 11.5. The van der Waals surface area contributed by atoms with Crippen LogP contribution in [0.5, 0.6) is 0 Å². The van der Waals surface area contributed by atoms with Crippen molar-refractivity contribution in [3.05, 3.63) is 0 Å². The summed E-state index contributed by atoms with van der Waals surface area (Å²) in [6, 6.07) is -0.591. The number of methoxy groups -OCH3 is 2. The van der Waals surface area contributed by atoms with Crippen molar-refractivity contribution < 1.29 is 34.1 Å². The fourth-order valence-electron chi connectivity index (χ4n) is 1.23. The molecule has 0 aromatic carbocycles. The summed E-state index contributed by atoms with van der Waals surface area (Å²) >= 11 is 0. The number of hydrogen-bond acceptors (Lipinski definition) is 6. The maximum absolute atomic E-state index is 11.8. The molecule has 0 aromatic heterocycles. The lowest BCUT2D eigenvalue weighted by Gasteiger charge is -2.22. The molecule has 0 fully saturated rings. The number of aliphatic carboxylic acids is 1. The summed E-state index contributed by atoms with van der Waals surface area (Å²) < 4.78 is 9.31. The highest BCUT2D eigenvalue weighted by atomic mass is 16.5. The highest BCUT2D eigenvalue weighted by molar-refractivity contribution is 5.77. The van der Waals surface area contributed by atoms with E-state index in [9.17, 15) is 14.4 Å². The van der Waals surface area contributed by atoms with Crippen LogP contribution in [0.4, 0.5) is 4.79 Å². The van der Waals surface area contributed by atoms with Gasteiger partial charge in [-0.3, -0.25) is 4.79 Å². The van der Waals surface area contributed by atoms with E-state index in [1.807, 2.05) is 0 Å². The SMILES string of the molecule is COCCN(CCC(=O)OC)C(=O)NC[C@H](O)C(=O)O. The topological polar surface area (TPSA) is 125 Å². The molecule has 0 radical (unpaired) electrons. The number of nitrogens with one attached hydrogen (secondary N) is 1. The number of nitrogens with zero attached hydrogens (tertiary/aromatic N) is 1. The van der Waals surface area contributed by atoms with Crippen LogP contribution < -0.4 is 5.32 Å². The molecule has 9 nitrogen and oxygen atoms in total. The zero-order valence-electron chi connectivity index (χ0n) is 11.5. The summed E-state index contributed by atoms with van der Waals surface area (Å²) in [6.07, 6.45) is -1.67. The largest absolute Gasteiger partial charge is 0.479 e. The van der Waals surface area contributed by atoms with Crippen molar-refractivity contribution in [3.8, 4) is 0 Å².